The van der Waals surface area contributed by atoms with Gasteiger partial charge >= 0.3 is 0 Å². The van der Waals surface area contributed by atoms with E-state index in [1.807, 2.05) is 34.6 Å². The largest absolute Gasteiger partial charge is 0.377 e. The van der Waals surface area contributed by atoms with Crippen LogP contribution in [0, 0.1) is 0 Å². The van der Waals surface area contributed by atoms with Crippen LogP contribution in [0.3, 0.4) is 0 Å². The van der Waals surface area contributed by atoms with Crippen LogP contribution in [0.25, 0.3) is 0 Å². The van der Waals surface area contributed by atoms with Gasteiger partial charge in [0.1, 0.15) is 5.82 Å². The molecule has 0 aliphatic rings. The second kappa shape index (κ2) is 18.8. The SMILES string of the molecule is CC.CCC(=O)c1ccnc(NCCOCCOCCOCCOC(C)C)c1. The van der Waals surface area contributed by atoms with Gasteiger partial charge in [-0.2, -0.15) is 0 Å². The molecule has 0 bridgehead atoms. The zero-order valence-electron chi connectivity index (χ0n) is 18.2. The Morgan fingerprint density at radius 1 is 1.00 bits per heavy atom. The number of hydrogen-bond acceptors (Lipinski definition) is 7. The highest BCUT2D eigenvalue weighted by molar-refractivity contribution is 5.96. The van der Waals surface area contributed by atoms with E-state index in [0.29, 0.717) is 70.6 Å². The number of carbonyl (C=O) groups excluding carboxylic acids is 1. The first-order valence-electron chi connectivity index (χ1n) is 10.2. The molecule has 0 atom stereocenters. The van der Waals surface area contributed by atoms with Crippen molar-refractivity contribution in [3.05, 3.63) is 23.9 Å². The Balaban J connectivity index is 0.00000352. The van der Waals surface area contributed by atoms with Crippen molar-refractivity contribution in [1.82, 2.24) is 4.98 Å². The van der Waals surface area contributed by atoms with Crippen LogP contribution in [0.15, 0.2) is 18.3 Å². The lowest BCUT2D eigenvalue weighted by atomic mass is 10.1. The Kier molecular flexibility index (Phi) is 17.8. The van der Waals surface area contributed by atoms with E-state index >= 15 is 0 Å². The van der Waals surface area contributed by atoms with E-state index in [-0.39, 0.29) is 11.9 Å². The average molecular weight is 399 g/mol. The summed E-state index contributed by atoms with van der Waals surface area (Å²) < 4.78 is 21.7. The molecular formula is C21H38N2O5. The van der Waals surface area contributed by atoms with Crippen molar-refractivity contribution in [2.24, 2.45) is 0 Å². The molecule has 7 nitrogen and oxygen atoms in total. The van der Waals surface area contributed by atoms with Crippen molar-refractivity contribution in [3.8, 4) is 0 Å². The predicted octanol–water partition coefficient (Wildman–Crippen LogP) is 3.59. The third-order valence-electron chi connectivity index (χ3n) is 3.38. The molecule has 1 aromatic heterocycles. The second-order valence-electron chi connectivity index (χ2n) is 5.89. The van der Waals surface area contributed by atoms with Crippen LogP contribution in [0.2, 0.25) is 0 Å². The van der Waals surface area contributed by atoms with Crippen molar-refractivity contribution in [3.63, 3.8) is 0 Å². The van der Waals surface area contributed by atoms with Crippen LogP contribution in [0.5, 0.6) is 0 Å². The third kappa shape index (κ3) is 14.5. The number of aromatic nitrogens is 1. The summed E-state index contributed by atoms with van der Waals surface area (Å²) >= 11 is 0. The zero-order valence-corrected chi connectivity index (χ0v) is 18.2. The minimum absolute atomic E-state index is 0.111. The van der Waals surface area contributed by atoms with Crippen LogP contribution in [0.4, 0.5) is 5.82 Å². The normalized spacial score (nSPS) is 10.5. The van der Waals surface area contributed by atoms with E-state index < -0.39 is 0 Å². The molecule has 0 unspecified atom stereocenters. The monoisotopic (exact) mass is 398 g/mol. The van der Waals surface area contributed by atoms with E-state index in [9.17, 15) is 4.79 Å². The van der Waals surface area contributed by atoms with Crippen molar-refractivity contribution in [2.45, 2.75) is 47.1 Å². The minimum Gasteiger partial charge on any atom is -0.377 e. The number of anilines is 1. The molecule has 1 aromatic rings. The van der Waals surface area contributed by atoms with Crippen molar-refractivity contribution >= 4 is 11.6 Å². The quantitative estimate of drug-likeness (QED) is 0.337. The highest BCUT2D eigenvalue weighted by Gasteiger charge is 2.04. The van der Waals surface area contributed by atoms with Crippen molar-refractivity contribution in [2.75, 3.05) is 58.1 Å². The highest BCUT2D eigenvalue weighted by Crippen LogP contribution is 2.08. The Morgan fingerprint density at radius 2 is 1.57 bits per heavy atom. The van der Waals surface area contributed by atoms with E-state index in [1.165, 1.54) is 0 Å². The van der Waals surface area contributed by atoms with Crippen LogP contribution < -0.4 is 5.32 Å². The number of carbonyl (C=O) groups is 1. The van der Waals surface area contributed by atoms with E-state index in [2.05, 4.69) is 10.3 Å². The van der Waals surface area contributed by atoms with Gasteiger partial charge in [-0.15, -0.1) is 0 Å². The first kappa shape index (κ1) is 26.5. The van der Waals surface area contributed by atoms with Crippen LogP contribution in [-0.2, 0) is 18.9 Å². The van der Waals surface area contributed by atoms with E-state index in [0.717, 1.165) is 0 Å². The Bertz CT molecular complexity index is 497. The van der Waals surface area contributed by atoms with Gasteiger partial charge < -0.3 is 24.3 Å². The molecule has 0 fully saturated rings. The summed E-state index contributed by atoms with van der Waals surface area (Å²) in [6, 6.07) is 3.49. The van der Waals surface area contributed by atoms with Gasteiger partial charge in [0.05, 0.1) is 52.4 Å². The van der Waals surface area contributed by atoms with Gasteiger partial charge in [0, 0.05) is 24.7 Å². The van der Waals surface area contributed by atoms with Gasteiger partial charge in [0.15, 0.2) is 5.78 Å². The molecule has 0 aromatic carbocycles. The molecule has 0 saturated heterocycles. The lowest BCUT2D eigenvalue weighted by molar-refractivity contribution is -0.0110. The van der Waals surface area contributed by atoms with Gasteiger partial charge in [0.25, 0.3) is 0 Å². The molecule has 7 heteroatoms. The van der Waals surface area contributed by atoms with Crippen molar-refractivity contribution < 1.29 is 23.7 Å². The van der Waals surface area contributed by atoms with Crippen LogP contribution in [0.1, 0.15) is 51.4 Å². The average Bonchev–Trinajstić information content (AvgIpc) is 2.72. The van der Waals surface area contributed by atoms with Gasteiger partial charge in [-0.05, 0) is 26.0 Å². The van der Waals surface area contributed by atoms with Gasteiger partial charge in [0.2, 0.25) is 0 Å². The number of pyridine rings is 1. The summed E-state index contributed by atoms with van der Waals surface area (Å²) in [6.07, 6.45) is 2.36. The lowest BCUT2D eigenvalue weighted by Gasteiger charge is -2.09. The standard InChI is InChI=1S/C19H32N2O5.C2H6/c1-4-18(22)17-5-6-20-19(15-17)21-7-8-23-9-10-24-11-12-25-13-14-26-16(2)3;1-2/h5-6,15-16H,4,7-14H2,1-3H3,(H,20,21);1-2H3. The highest BCUT2D eigenvalue weighted by atomic mass is 16.6. The van der Waals surface area contributed by atoms with E-state index in [1.54, 1.807) is 18.3 Å². The van der Waals surface area contributed by atoms with Crippen molar-refractivity contribution in [1.29, 1.82) is 0 Å². The molecule has 0 radical (unpaired) electrons. The maximum absolute atomic E-state index is 11.7. The molecule has 162 valence electrons. The second-order valence-corrected chi connectivity index (χ2v) is 5.89. The lowest BCUT2D eigenvalue weighted by Crippen LogP contribution is -2.15. The smallest absolute Gasteiger partial charge is 0.162 e. The van der Waals surface area contributed by atoms with Gasteiger partial charge in [-0.1, -0.05) is 20.8 Å². The molecule has 1 N–H and O–H groups in total. The predicted molar refractivity (Wildman–Crippen MR) is 112 cm³/mol. The minimum atomic E-state index is 0.111. The Hall–Kier alpha value is -1.54. The third-order valence-corrected chi connectivity index (χ3v) is 3.38. The number of nitrogens with one attached hydrogen (secondary N) is 1. The number of ether oxygens (including phenoxy) is 4. The maximum atomic E-state index is 11.7. The summed E-state index contributed by atoms with van der Waals surface area (Å²) in [7, 11) is 0. The molecule has 0 aliphatic carbocycles. The summed E-state index contributed by atoms with van der Waals surface area (Å²) in [5, 5.41) is 3.14. The fraction of sp³-hybridized carbons (Fsp3) is 0.714. The summed E-state index contributed by atoms with van der Waals surface area (Å²) in [5.74, 6) is 0.794. The molecular weight excluding hydrogens is 360 g/mol. The number of ketones is 1. The van der Waals surface area contributed by atoms with Gasteiger partial charge in [-0.3, -0.25) is 4.79 Å². The molecule has 0 aliphatic heterocycles. The molecule has 0 spiro atoms. The Morgan fingerprint density at radius 3 is 2.14 bits per heavy atom. The zero-order chi connectivity index (χ0) is 21.0. The molecule has 1 heterocycles. The Labute approximate surface area is 170 Å². The summed E-state index contributed by atoms with van der Waals surface area (Å²) in [4.78, 5) is 15.8. The molecule has 1 rings (SSSR count). The topological polar surface area (TPSA) is 78.9 Å². The first-order valence-corrected chi connectivity index (χ1v) is 10.2. The summed E-state index contributed by atoms with van der Waals surface area (Å²) in [5.41, 5.74) is 0.678. The van der Waals surface area contributed by atoms with E-state index in [4.69, 9.17) is 18.9 Å². The van der Waals surface area contributed by atoms with Crippen LogP contribution in [-0.4, -0.2) is 69.7 Å². The molecule has 28 heavy (non-hydrogen) atoms. The van der Waals surface area contributed by atoms with Gasteiger partial charge in [-0.25, -0.2) is 4.98 Å². The molecule has 0 saturated carbocycles. The summed E-state index contributed by atoms with van der Waals surface area (Å²) in [6.45, 7) is 14.4. The number of Topliss-reactive ketones (excluding diaryl/α,β-unsaturated/α-hetero) is 1. The number of hydrogen-bond donors (Lipinski definition) is 1. The fourth-order valence-corrected chi connectivity index (χ4v) is 2.04. The van der Waals surface area contributed by atoms with Crippen LogP contribution >= 0.6 is 0 Å². The number of rotatable bonds is 16. The fourth-order valence-electron chi connectivity index (χ4n) is 2.04. The maximum Gasteiger partial charge on any atom is 0.162 e. The number of nitrogens with zero attached hydrogens (tertiary/aromatic N) is 1. The first-order chi connectivity index (χ1) is 13.6. The molecule has 0 amide bonds.